The molecule has 2 aromatic rings. The highest BCUT2D eigenvalue weighted by Gasteiger charge is 2.52. The van der Waals surface area contributed by atoms with E-state index < -0.39 is 28.3 Å². The first-order valence-corrected chi connectivity index (χ1v) is 10.4. The number of ether oxygens (including phenoxy) is 1. The summed E-state index contributed by atoms with van der Waals surface area (Å²) in [5, 5.41) is 0. The molecular formula is C19H25BN2O5S. The van der Waals surface area contributed by atoms with Crippen LogP contribution in [0.3, 0.4) is 0 Å². The Balaban J connectivity index is 1.99. The molecule has 0 bridgehead atoms. The first-order chi connectivity index (χ1) is 13.0. The van der Waals surface area contributed by atoms with Gasteiger partial charge in [-0.25, -0.2) is 13.4 Å². The number of hydrogen-bond acceptors (Lipinski definition) is 6. The second-order valence-corrected chi connectivity index (χ2v) is 9.44. The molecule has 2 heterocycles. The summed E-state index contributed by atoms with van der Waals surface area (Å²) in [6, 6.07) is 8.61. The molecule has 1 aliphatic heterocycles. The second-order valence-electron chi connectivity index (χ2n) is 7.78. The lowest BCUT2D eigenvalue weighted by Gasteiger charge is -2.32. The van der Waals surface area contributed by atoms with Gasteiger partial charge in [-0.1, -0.05) is 18.2 Å². The van der Waals surface area contributed by atoms with E-state index in [1.54, 1.807) is 12.1 Å². The van der Waals surface area contributed by atoms with Crippen molar-refractivity contribution >= 4 is 28.3 Å². The number of aromatic nitrogens is 1. The molecule has 9 heteroatoms. The summed E-state index contributed by atoms with van der Waals surface area (Å²) in [4.78, 5) is 4.09. The van der Waals surface area contributed by atoms with Gasteiger partial charge in [0.05, 0.1) is 24.0 Å². The average molecular weight is 404 g/mol. The lowest BCUT2D eigenvalue weighted by molar-refractivity contribution is 0.00578. The molecule has 150 valence electrons. The van der Waals surface area contributed by atoms with E-state index in [0.29, 0.717) is 11.2 Å². The van der Waals surface area contributed by atoms with Crippen LogP contribution in [0.4, 0.5) is 5.69 Å². The molecule has 1 saturated heterocycles. The minimum absolute atomic E-state index is 0.00125. The summed E-state index contributed by atoms with van der Waals surface area (Å²) in [5.41, 5.74) is 0.710. The molecule has 0 spiro atoms. The van der Waals surface area contributed by atoms with Crippen molar-refractivity contribution in [1.29, 1.82) is 0 Å². The van der Waals surface area contributed by atoms with Crippen molar-refractivity contribution in [3.8, 4) is 5.88 Å². The van der Waals surface area contributed by atoms with Gasteiger partial charge < -0.3 is 14.0 Å². The Kier molecular flexibility index (Phi) is 5.20. The zero-order valence-electron chi connectivity index (χ0n) is 16.9. The lowest BCUT2D eigenvalue weighted by atomic mass is 9.80. The van der Waals surface area contributed by atoms with Crippen LogP contribution in [-0.4, -0.2) is 38.8 Å². The standard InChI is InChI=1S/C19H25BN2O5S/c1-13-9-7-8-10-15(13)22-28(23,24)16-11-14(12-21-17(16)25-6)20-26-18(2,3)19(4,5)27-20/h7-12,22H,1-6H3. The van der Waals surface area contributed by atoms with Crippen molar-refractivity contribution in [2.24, 2.45) is 0 Å². The van der Waals surface area contributed by atoms with Crippen LogP contribution < -0.4 is 14.9 Å². The van der Waals surface area contributed by atoms with E-state index in [0.717, 1.165) is 5.56 Å². The predicted octanol–water partition coefficient (Wildman–Crippen LogP) is 2.50. The Morgan fingerprint density at radius 3 is 2.29 bits per heavy atom. The molecule has 7 nitrogen and oxygen atoms in total. The Morgan fingerprint density at radius 2 is 1.71 bits per heavy atom. The summed E-state index contributed by atoms with van der Waals surface area (Å²) >= 11 is 0. The van der Waals surface area contributed by atoms with Crippen molar-refractivity contribution in [3.63, 3.8) is 0 Å². The van der Waals surface area contributed by atoms with Crippen LogP contribution in [0.5, 0.6) is 5.88 Å². The van der Waals surface area contributed by atoms with E-state index in [1.807, 2.05) is 46.8 Å². The summed E-state index contributed by atoms with van der Waals surface area (Å²) in [5.74, 6) is 0.00125. The first kappa shape index (κ1) is 20.6. The summed E-state index contributed by atoms with van der Waals surface area (Å²) < 4.78 is 45.9. The van der Waals surface area contributed by atoms with Gasteiger partial charge in [-0.15, -0.1) is 0 Å². The maximum absolute atomic E-state index is 13.0. The second kappa shape index (κ2) is 7.06. The largest absolute Gasteiger partial charge is 0.496 e. The number of nitrogens with zero attached hydrogens (tertiary/aromatic N) is 1. The Labute approximate surface area is 166 Å². The lowest BCUT2D eigenvalue weighted by Crippen LogP contribution is -2.41. The number of rotatable bonds is 5. The van der Waals surface area contributed by atoms with Crippen LogP contribution in [-0.2, 0) is 19.3 Å². The van der Waals surface area contributed by atoms with Gasteiger partial charge in [0.2, 0.25) is 5.88 Å². The van der Waals surface area contributed by atoms with Crippen LogP contribution in [0.15, 0.2) is 41.4 Å². The molecule has 0 aliphatic carbocycles. The van der Waals surface area contributed by atoms with Crippen LogP contribution >= 0.6 is 0 Å². The van der Waals surface area contributed by atoms with Gasteiger partial charge in [0, 0.05) is 11.7 Å². The number of pyridine rings is 1. The van der Waals surface area contributed by atoms with E-state index in [4.69, 9.17) is 14.0 Å². The Morgan fingerprint density at radius 1 is 1.11 bits per heavy atom. The van der Waals surface area contributed by atoms with Gasteiger partial charge in [0.1, 0.15) is 4.90 Å². The third-order valence-electron chi connectivity index (χ3n) is 5.24. The number of sulfonamides is 1. The first-order valence-electron chi connectivity index (χ1n) is 8.95. The highest BCUT2D eigenvalue weighted by molar-refractivity contribution is 7.92. The quantitative estimate of drug-likeness (QED) is 0.771. The van der Waals surface area contributed by atoms with E-state index in [2.05, 4.69) is 9.71 Å². The molecule has 1 N–H and O–H groups in total. The molecule has 3 rings (SSSR count). The molecule has 28 heavy (non-hydrogen) atoms. The van der Waals surface area contributed by atoms with Crippen molar-refractivity contribution < 1.29 is 22.5 Å². The third kappa shape index (κ3) is 3.74. The number of hydrogen-bond donors (Lipinski definition) is 1. The smallest absolute Gasteiger partial charge is 0.480 e. The highest BCUT2D eigenvalue weighted by atomic mass is 32.2. The predicted molar refractivity (Wildman–Crippen MR) is 108 cm³/mol. The van der Waals surface area contributed by atoms with Crippen molar-refractivity contribution in [3.05, 3.63) is 42.1 Å². The van der Waals surface area contributed by atoms with Crippen molar-refractivity contribution in [2.75, 3.05) is 11.8 Å². The molecule has 0 atom stereocenters. The third-order valence-corrected chi connectivity index (χ3v) is 6.60. The molecule has 1 aromatic carbocycles. The number of anilines is 1. The highest BCUT2D eigenvalue weighted by Crippen LogP contribution is 2.36. The normalized spacial score (nSPS) is 18.1. The Bertz CT molecular complexity index is 976. The molecule has 0 radical (unpaired) electrons. The van der Waals surface area contributed by atoms with Gasteiger partial charge in [0.15, 0.2) is 0 Å². The number of methoxy groups -OCH3 is 1. The SMILES string of the molecule is COc1ncc(B2OC(C)(C)C(C)(C)O2)cc1S(=O)(=O)Nc1ccccc1C. The molecule has 1 aromatic heterocycles. The van der Waals surface area contributed by atoms with Crippen molar-refractivity contribution in [2.45, 2.75) is 50.7 Å². The maximum Gasteiger partial charge on any atom is 0.496 e. The fourth-order valence-electron chi connectivity index (χ4n) is 2.79. The van der Waals surface area contributed by atoms with Crippen molar-refractivity contribution in [1.82, 2.24) is 4.98 Å². The number of para-hydroxylation sites is 1. The average Bonchev–Trinajstić information content (AvgIpc) is 2.84. The van der Waals surface area contributed by atoms with Crippen LogP contribution in [0.2, 0.25) is 0 Å². The zero-order chi connectivity index (χ0) is 20.7. The minimum Gasteiger partial charge on any atom is -0.480 e. The van der Waals surface area contributed by atoms with Crippen LogP contribution in [0.1, 0.15) is 33.3 Å². The zero-order valence-corrected chi connectivity index (χ0v) is 17.8. The van der Waals surface area contributed by atoms with Gasteiger partial charge in [-0.2, -0.15) is 0 Å². The fourth-order valence-corrected chi connectivity index (χ4v) is 4.07. The molecule has 0 unspecified atom stereocenters. The van der Waals surface area contributed by atoms with Gasteiger partial charge >= 0.3 is 7.12 Å². The summed E-state index contributed by atoms with van der Waals surface area (Å²) in [7, 11) is -3.28. The fraction of sp³-hybridized carbons (Fsp3) is 0.421. The number of aryl methyl sites for hydroxylation is 1. The Hall–Kier alpha value is -2.10. The number of nitrogens with one attached hydrogen (secondary N) is 1. The van der Waals surface area contributed by atoms with Crippen LogP contribution in [0.25, 0.3) is 0 Å². The van der Waals surface area contributed by atoms with E-state index in [-0.39, 0.29) is 10.8 Å². The topological polar surface area (TPSA) is 86.8 Å². The minimum atomic E-state index is -3.94. The summed E-state index contributed by atoms with van der Waals surface area (Å²) in [6.45, 7) is 9.56. The maximum atomic E-state index is 13.0. The molecule has 0 amide bonds. The van der Waals surface area contributed by atoms with Gasteiger partial charge in [-0.3, -0.25) is 4.72 Å². The molecule has 0 saturated carbocycles. The van der Waals surface area contributed by atoms with Gasteiger partial charge in [0.25, 0.3) is 10.0 Å². The molecular weight excluding hydrogens is 379 g/mol. The number of benzene rings is 1. The van der Waals surface area contributed by atoms with Gasteiger partial charge in [-0.05, 0) is 52.3 Å². The monoisotopic (exact) mass is 404 g/mol. The molecule has 1 aliphatic rings. The van der Waals surface area contributed by atoms with E-state index in [9.17, 15) is 8.42 Å². The van der Waals surface area contributed by atoms with E-state index in [1.165, 1.54) is 19.4 Å². The van der Waals surface area contributed by atoms with Crippen LogP contribution in [0, 0.1) is 6.92 Å². The summed E-state index contributed by atoms with van der Waals surface area (Å²) in [6.07, 6.45) is 1.51. The molecule has 1 fully saturated rings. The van der Waals surface area contributed by atoms with E-state index >= 15 is 0 Å².